The quantitative estimate of drug-likeness (QED) is 0.827. The summed E-state index contributed by atoms with van der Waals surface area (Å²) in [7, 11) is 2.35. The highest BCUT2D eigenvalue weighted by Crippen LogP contribution is 2.26. The van der Waals surface area contributed by atoms with Crippen molar-refractivity contribution in [2.75, 3.05) is 33.7 Å². The van der Waals surface area contributed by atoms with E-state index in [0.717, 1.165) is 24.0 Å². The third-order valence-electron chi connectivity index (χ3n) is 4.35. The van der Waals surface area contributed by atoms with Crippen LogP contribution in [0.1, 0.15) is 12.1 Å². The summed E-state index contributed by atoms with van der Waals surface area (Å²) >= 11 is 0. The summed E-state index contributed by atoms with van der Waals surface area (Å²) in [4.78, 5) is 6.65. The Morgan fingerprint density at radius 3 is 2.83 bits per heavy atom. The molecule has 0 aliphatic carbocycles. The van der Waals surface area contributed by atoms with Crippen LogP contribution in [0, 0.1) is 12.8 Å². The van der Waals surface area contributed by atoms with Crippen molar-refractivity contribution in [1.29, 1.82) is 0 Å². The fourth-order valence-electron chi connectivity index (χ4n) is 3.26. The summed E-state index contributed by atoms with van der Waals surface area (Å²) in [6, 6.07) is 1.69. The van der Waals surface area contributed by atoms with Crippen molar-refractivity contribution < 1.29 is 8.42 Å². The number of aryl methyl sites for hydroxylation is 2. The minimum Gasteiger partial charge on any atom is -0.309 e. The van der Waals surface area contributed by atoms with Gasteiger partial charge in [0.2, 0.25) is 10.0 Å². The first-order chi connectivity index (χ1) is 10.8. The SMILES string of the molecule is Cc1nn(C)c2ncc(S(=O)(=O)N3CCC(CN(C)C)C3)cc12. The highest BCUT2D eigenvalue weighted by molar-refractivity contribution is 7.89. The topological polar surface area (TPSA) is 71.3 Å². The lowest BCUT2D eigenvalue weighted by Gasteiger charge is -2.18. The van der Waals surface area contributed by atoms with Crippen LogP contribution in [-0.2, 0) is 17.1 Å². The molecule has 1 atom stereocenters. The first-order valence-corrected chi connectivity index (χ1v) is 9.17. The molecule has 1 aliphatic rings. The van der Waals surface area contributed by atoms with E-state index in [2.05, 4.69) is 15.0 Å². The van der Waals surface area contributed by atoms with Crippen molar-refractivity contribution >= 4 is 21.1 Å². The Kier molecular flexibility index (Phi) is 4.16. The molecule has 3 heterocycles. The molecule has 0 radical (unpaired) electrons. The highest BCUT2D eigenvalue weighted by atomic mass is 32.2. The van der Waals surface area contributed by atoms with Gasteiger partial charge in [-0.15, -0.1) is 0 Å². The van der Waals surface area contributed by atoms with Gasteiger partial charge in [0.25, 0.3) is 0 Å². The molecule has 3 rings (SSSR count). The molecule has 2 aromatic heterocycles. The lowest BCUT2D eigenvalue weighted by atomic mass is 10.1. The third kappa shape index (κ3) is 2.98. The second-order valence-electron chi connectivity index (χ2n) is 6.53. The Hall–Kier alpha value is -1.51. The number of rotatable bonds is 4. The van der Waals surface area contributed by atoms with Gasteiger partial charge in [-0.3, -0.25) is 4.68 Å². The van der Waals surface area contributed by atoms with Gasteiger partial charge in [-0.25, -0.2) is 13.4 Å². The molecule has 126 valence electrons. The molecular weight excluding hydrogens is 314 g/mol. The minimum atomic E-state index is -3.49. The Morgan fingerprint density at radius 2 is 2.13 bits per heavy atom. The molecule has 8 heteroatoms. The lowest BCUT2D eigenvalue weighted by Crippen LogP contribution is -2.31. The minimum absolute atomic E-state index is 0.256. The maximum Gasteiger partial charge on any atom is 0.244 e. The van der Waals surface area contributed by atoms with Gasteiger partial charge in [0.15, 0.2) is 5.65 Å². The number of aromatic nitrogens is 3. The molecule has 1 aliphatic heterocycles. The fraction of sp³-hybridized carbons (Fsp3) is 0.600. The van der Waals surface area contributed by atoms with E-state index in [1.54, 1.807) is 15.1 Å². The van der Waals surface area contributed by atoms with Crippen LogP contribution in [0.3, 0.4) is 0 Å². The zero-order chi connectivity index (χ0) is 16.8. The molecule has 0 saturated carbocycles. The standard InChI is InChI=1S/C15H23N5O2S/c1-11-14-7-13(8-16-15(14)19(4)17-11)23(21,22)20-6-5-12(10-20)9-18(2)3/h7-8,12H,5-6,9-10H2,1-4H3. The molecule has 2 aromatic rings. The fourth-order valence-corrected chi connectivity index (χ4v) is 4.76. The molecule has 1 saturated heterocycles. The van der Waals surface area contributed by atoms with Gasteiger partial charge in [0.05, 0.1) is 5.69 Å². The van der Waals surface area contributed by atoms with E-state index in [1.165, 1.54) is 6.20 Å². The zero-order valence-corrected chi connectivity index (χ0v) is 14.8. The van der Waals surface area contributed by atoms with Gasteiger partial charge in [0, 0.05) is 38.3 Å². The molecular formula is C15H23N5O2S. The van der Waals surface area contributed by atoms with E-state index in [4.69, 9.17) is 0 Å². The summed E-state index contributed by atoms with van der Waals surface area (Å²) in [5.74, 6) is 0.386. The normalized spacial score (nSPS) is 20.0. The predicted molar refractivity (Wildman–Crippen MR) is 88.7 cm³/mol. The predicted octanol–water partition coefficient (Wildman–Crippen LogP) is 0.849. The van der Waals surface area contributed by atoms with Crippen LogP contribution < -0.4 is 0 Å². The van der Waals surface area contributed by atoms with Crippen molar-refractivity contribution in [1.82, 2.24) is 24.0 Å². The molecule has 1 unspecified atom stereocenters. The Balaban J connectivity index is 1.90. The van der Waals surface area contributed by atoms with Gasteiger partial charge in [-0.05, 0) is 39.4 Å². The van der Waals surface area contributed by atoms with Crippen molar-refractivity contribution in [3.8, 4) is 0 Å². The van der Waals surface area contributed by atoms with Gasteiger partial charge < -0.3 is 4.90 Å². The Bertz CT molecular complexity index is 828. The number of hydrogen-bond acceptors (Lipinski definition) is 5. The number of pyridine rings is 1. The van der Waals surface area contributed by atoms with Crippen LogP contribution in [0.4, 0.5) is 0 Å². The van der Waals surface area contributed by atoms with E-state index >= 15 is 0 Å². The molecule has 23 heavy (non-hydrogen) atoms. The van der Waals surface area contributed by atoms with Crippen LogP contribution in [0.2, 0.25) is 0 Å². The van der Waals surface area contributed by atoms with Crippen molar-refractivity contribution in [2.24, 2.45) is 13.0 Å². The molecule has 1 fully saturated rings. The van der Waals surface area contributed by atoms with Crippen LogP contribution in [0.15, 0.2) is 17.2 Å². The van der Waals surface area contributed by atoms with Gasteiger partial charge >= 0.3 is 0 Å². The maximum atomic E-state index is 12.9. The third-order valence-corrected chi connectivity index (χ3v) is 6.18. The zero-order valence-electron chi connectivity index (χ0n) is 14.0. The van der Waals surface area contributed by atoms with Crippen LogP contribution in [0.25, 0.3) is 11.0 Å². The Morgan fingerprint density at radius 1 is 1.39 bits per heavy atom. The molecule has 0 N–H and O–H groups in total. The molecule has 0 spiro atoms. The van der Waals surface area contributed by atoms with Crippen LogP contribution in [-0.4, -0.2) is 66.1 Å². The maximum absolute atomic E-state index is 12.9. The van der Waals surface area contributed by atoms with E-state index in [-0.39, 0.29) is 4.90 Å². The number of nitrogens with zero attached hydrogens (tertiary/aromatic N) is 5. The molecule has 0 aromatic carbocycles. The monoisotopic (exact) mass is 337 g/mol. The average molecular weight is 337 g/mol. The van der Waals surface area contributed by atoms with Crippen molar-refractivity contribution in [2.45, 2.75) is 18.2 Å². The average Bonchev–Trinajstić information content (AvgIpc) is 3.04. The molecule has 7 nitrogen and oxygen atoms in total. The molecule has 0 amide bonds. The van der Waals surface area contributed by atoms with E-state index in [0.29, 0.717) is 24.7 Å². The highest BCUT2D eigenvalue weighted by Gasteiger charge is 2.33. The van der Waals surface area contributed by atoms with Crippen LogP contribution >= 0.6 is 0 Å². The van der Waals surface area contributed by atoms with E-state index in [9.17, 15) is 8.42 Å². The van der Waals surface area contributed by atoms with Gasteiger partial charge in [-0.1, -0.05) is 0 Å². The van der Waals surface area contributed by atoms with Crippen molar-refractivity contribution in [3.63, 3.8) is 0 Å². The van der Waals surface area contributed by atoms with Gasteiger partial charge in [-0.2, -0.15) is 9.40 Å². The molecule has 0 bridgehead atoms. The first-order valence-electron chi connectivity index (χ1n) is 7.73. The smallest absolute Gasteiger partial charge is 0.244 e. The summed E-state index contributed by atoms with van der Waals surface area (Å²) in [5.41, 5.74) is 1.49. The summed E-state index contributed by atoms with van der Waals surface area (Å²) < 4.78 is 29.0. The first kappa shape index (κ1) is 16.4. The lowest BCUT2D eigenvalue weighted by molar-refractivity contribution is 0.329. The second kappa shape index (κ2) is 5.85. The van der Waals surface area contributed by atoms with Crippen LogP contribution in [0.5, 0.6) is 0 Å². The number of hydrogen-bond donors (Lipinski definition) is 0. The van der Waals surface area contributed by atoms with E-state index in [1.807, 2.05) is 28.1 Å². The largest absolute Gasteiger partial charge is 0.309 e. The summed E-state index contributed by atoms with van der Waals surface area (Å²) in [5, 5.41) is 5.09. The van der Waals surface area contributed by atoms with Crippen molar-refractivity contribution in [3.05, 3.63) is 18.0 Å². The van der Waals surface area contributed by atoms with Gasteiger partial charge in [0.1, 0.15) is 4.90 Å². The number of fused-ring (bicyclic) bond motifs is 1. The summed E-state index contributed by atoms with van der Waals surface area (Å²) in [6.45, 7) is 3.92. The second-order valence-corrected chi connectivity index (χ2v) is 8.47. The summed E-state index contributed by atoms with van der Waals surface area (Å²) in [6.07, 6.45) is 2.34. The number of sulfonamides is 1. The van der Waals surface area contributed by atoms with E-state index < -0.39 is 10.0 Å². The Labute approximate surface area is 136 Å².